The van der Waals surface area contributed by atoms with E-state index in [9.17, 15) is 13.2 Å². The lowest BCUT2D eigenvalue weighted by molar-refractivity contribution is -0.0659. The van der Waals surface area contributed by atoms with Crippen LogP contribution in [0.15, 0.2) is 17.0 Å². The van der Waals surface area contributed by atoms with Crippen molar-refractivity contribution in [3.8, 4) is 0 Å². The van der Waals surface area contributed by atoms with E-state index in [-0.39, 0.29) is 16.9 Å². The maximum Gasteiger partial charge on any atom is 0.254 e. The maximum atomic E-state index is 13.0. The Bertz CT molecular complexity index is 753. The monoisotopic (exact) mass is 351 g/mol. The van der Waals surface area contributed by atoms with Crippen LogP contribution in [0, 0.1) is 19.8 Å². The summed E-state index contributed by atoms with van der Waals surface area (Å²) >= 11 is 0. The summed E-state index contributed by atoms with van der Waals surface area (Å²) in [6, 6.07) is 3.16. The molecule has 2 fully saturated rings. The molecule has 0 spiro atoms. The van der Waals surface area contributed by atoms with Crippen molar-refractivity contribution in [2.75, 3.05) is 26.0 Å². The van der Waals surface area contributed by atoms with E-state index >= 15 is 0 Å². The molecule has 1 atom stereocenters. The molecular weight excluding hydrogens is 326 g/mol. The number of carbonyl (C=O) groups excluding carboxylic acids is 1. The van der Waals surface area contributed by atoms with E-state index in [0.29, 0.717) is 31.2 Å². The number of rotatable bonds is 3. The van der Waals surface area contributed by atoms with Gasteiger partial charge in [-0.15, -0.1) is 0 Å². The van der Waals surface area contributed by atoms with Crippen molar-refractivity contribution < 1.29 is 17.9 Å². The molecule has 5 nitrogen and oxygen atoms in total. The van der Waals surface area contributed by atoms with Crippen molar-refractivity contribution >= 4 is 15.7 Å². The van der Waals surface area contributed by atoms with Crippen LogP contribution in [0.25, 0.3) is 0 Å². The van der Waals surface area contributed by atoms with Crippen LogP contribution in [0.3, 0.4) is 0 Å². The van der Waals surface area contributed by atoms with Crippen LogP contribution in [-0.4, -0.2) is 51.3 Å². The SMILES string of the molecule is Cc1cc(S(C)(=O)=O)cc(C(=O)N2CCOC(C3CCC3)C2)c1C. The standard InChI is InChI=1S/C18H25NO4S/c1-12-9-15(24(3,21)22)10-16(13(12)2)18(20)19-7-8-23-17(11-19)14-5-4-6-14/h9-10,14,17H,4-8,11H2,1-3H3. The van der Waals surface area contributed by atoms with Crippen LogP contribution in [0.4, 0.5) is 0 Å². The fourth-order valence-electron chi connectivity index (χ4n) is 3.39. The number of hydrogen-bond donors (Lipinski definition) is 0. The molecule has 0 aromatic heterocycles. The van der Waals surface area contributed by atoms with Crippen molar-refractivity contribution in [2.24, 2.45) is 5.92 Å². The zero-order valence-corrected chi connectivity index (χ0v) is 15.4. The summed E-state index contributed by atoms with van der Waals surface area (Å²) in [6.45, 7) is 5.43. The molecule has 2 aliphatic rings. The van der Waals surface area contributed by atoms with Gasteiger partial charge in [0.15, 0.2) is 9.84 Å². The van der Waals surface area contributed by atoms with Gasteiger partial charge in [-0.2, -0.15) is 0 Å². The lowest BCUT2D eigenvalue weighted by Gasteiger charge is -2.40. The zero-order valence-electron chi connectivity index (χ0n) is 14.5. The van der Waals surface area contributed by atoms with Crippen LogP contribution in [0.2, 0.25) is 0 Å². The molecular formula is C18H25NO4S. The van der Waals surface area contributed by atoms with Gasteiger partial charge in [0.25, 0.3) is 5.91 Å². The molecule has 0 bridgehead atoms. The number of morpholine rings is 1. The number of nitrogens with zero attached hydrogens (tertiary/aromatic N) is 1. The Balaban J connectivity index is 1.87. The van der Waals surface area contributed by atoms with Gasteiger partial charge < -0.3 is 9.64 Å². The highest BCUT2D eigenvalue weighted by Gasteiger charge is 2.34. The van der Waals surface area contributed by atoms with Crippen LogP contribution in [0.5, 0.6) is 0 Å². The van der Waals surface area contributed by atoms with Crippen LogP contribution in [0.1, 0.15) is 40.7 Å². The number of sulfone groups is 1. The second-order valence-electron chi connectivity index (χ2n) is 7.04. The molecule has 6 heteroatoms. The first-order chi connectivity index (χ1) is 11.3. The van der Waals surface area contributed by atoms with E-state index in [2.05, 4.69) is 0 Å². The van der Waals surface area contributed by atoms with Gasteiger partial charge in [-0.1, -0.05) is 6.42 Å². The normalized spacial score (nSPS) is 22.3. The molecule has 132 valence electrons. The Kier molecular flexibility index (Phi) is 4.71. The molecule has 1 saturated carbocycles. The lowest BCUT2D eigenvalue weighted by atomic mass is 9.80. The number of ether oxygens (including phenoxy) is 1. The molecule has 1 unspecified atom stereocenters. The smallest absolute Gasteiger partial charge is 0.254 e. The largest absolute Gasteiger partial charge is 0.374 e. The highest BCUT2D eigenvalue weighted by Crippen LogP contribution is 2.33. The van der Waals surface area contributed by atoms with Gasteiger partial charge in [0, 0.05) is 24.9 Å². The van der Waals surface area contributed by atoms with Crippen molar-refractivity contribution in [3.05, 3.63) is 28.8 Å². The number of benzene rings is 1. The third-order valence-electron chi connectivity index (χ3n) is 5.36. The van der Waals surface area contributed by atoms with Crippen molar-refractivity contribution in [3.63, 3.8) is 0 Å². The molecule has 1 aliphatic carbocycles. The topological polar surface area (TPSA) is 63.7 Å². The van der Waals surface area contributed by atoms with E-state index in [1.807, 2.05) is 18.7 Å². The Hall–Kier alpha value is -1.40. The van der Waals surface area contributed by atoms with Gasteiger partial charge in [0.1, 0.15) is 0 Å². The Morgan fingerprint density at radius 1 is 1.25 bits per heavy atom. The van der Waals surface area contributed by atoms with Crippen molar-refractivity contribution in [2.45, 2.75) is 44.1 Å². The van der Waals surface area contributed by atoms with E-state index in [1.165, 1.54) is 31.6 Å². The van der Waals surface area contributed by atoms with Gasteiger partial charge in [-0.3, -0.25) is 4.79 Å². The zero-order chi connectivity index (χ0) is 17.5. The van der Waals surface area contributed by atoms with Crippen LogP contribution in [-0.2, 0) is 14.6 Å². The summed E-state index contributed by atoms with van der Waals surface area (Å²) in [6.07, 6.45) is 4.89. The van der Waals surface area contributed by atoms with Crippen LogP contribution < -0.4 is 0 Å². The summed E-state index contributed by atoms with van der Waals surface area (Å²) in [5, 5.41) is 0. The molecule has 3 rings (SSSR count). The van der Waals surface area contributed by atoms with Crippen molar-refractivity contribution in [1.82, 2.24) is 4.90 Å². The fraction of sp³-hybridized carbons (Fsp3) is 0.611. The first-order valence-electron chi connectivity index (χ1n) is 8.49. The number of aryl methyl sites for hydroxylation is 1. The second-order valence-corrected chi connectivity index (χ2v) is 9.05. The number of carbonyl (C=O) groups is 1. The first-order valence-corrected chi connectivity index (χ1v) is 10.4. The highest BCUT2D eigenvalue weighted by atomic mass is 32.2. The lowest BCUT2D eigenvalue weighted by Crippen LogP contribution is -2.49. The fourth-order valence-corrected chi connectivity index (χ4v) is 4.11. The molecule has 1 saturated heterocycles. The summed E-state index contributed by atoms with van der Waals surface area (Å²) in [5.74, 6) is 0.472. The highest BCUT2D eigenvalue weighted by molar-refractivity contribution is 7.90. The van der Waals surface area contributed by atoms with Gasteiger partial charge in [0.05, 0.1) is 17.6 Å². The number of hydrogen-bond acceptors (Lipinski definition) is 4. The minimum atomic E-state index is -3.34. The first kappa shape index (κ1) is 17.4. The summed E-state index contributed by atoms with van der Waals surface area (Å²) in [5.41, 5.74) is 2.16. The second kappa shape index (κ2) is 6.48. The maximum absolute atomic E-state index is 13.0. The molecule has 0 N–H and O–H groups in total. The van der Waals surface area contributed by atoms with E-state index < -0.39 is 9.84 Å². The number of amides is 1. The van der Waals surface area contributed by atoms with E-state index in [4.69, 9.17) is 4.74 Å². The van der Waals surface area contributed by atoms with Gasteiger partial charge in [-0.05, 0) is 55.9 Å². The molecule has 24 heavy (non-hydrogen) atoms. The third kappa shape index (κ3) is 3.35. The summed E-state index contributed by atoms with van der Waals surface area (Å²) in [4.78, 5) is 15.0. The molecule has 1 aromatic carbocycles. The molecule has 0 radical (unpaired) electrons. The Morgan fingerprint density at radius 2 is 1.96 bits per heavy atom. The molecule has 1 aliphatic heterocycles. The van der Waals surface area contributed by atoms with Gasteiger partial charge in [0.2, 0.25) is 0 Å². The van der Waals surface area contributed by atoms with E-state index in [1.54, 1.807) is 6.07 Å². The molecule has 1 amide bonds. The predicted molar refractivity (Wildman–Crippen MR) is 92.0 cm³/mol. The Labute approximate surface area is 143 Å². The van der Waals surface area contributed by atoms with Gasteiger partial charge in [-0.25, -0.2) is 8.42 Å². The van der Waals surface area contributed by atoms with E-state index in [0.717, 1.165) is 11.1 Å². The summed E-state index contributed by atoms with van der Waals surface area (Å²) < 4.78 is 29.6. The van der Waals surface area contributed by atoms with Gasteiger partial charge >= 0.3 is 0 Å². The van der Waals surface area contributed by atoms with Crippen molar-refractivity contribution in [1.29, 1.82) is 0 Å². The average molecular weight is 351 g/mol. The minimum absolute atomic E-state index is 0.0891. The molecule has 1 heterocycles. The minimum Gasteiger partial charge on any atom is -0.374 e. The molecule has 1 aromatic rings. The quantitative estimate of drug-likeness (QED) is 0.838. The summed E-state index contributed by atoms with van der Waals surface area (Å²) in [7, 11) is -3.34. The van der Waals surface area contributed by atoms with Crippen LogP contribution >= 0.6 is 0 Å². The average Bonchev–Trinajstić information content (AvgIpc) is 2.46. The Morgan fingerprint density at radius 3 is 2.54 bits per heavy atom. The third-order valence-corrected chi connectivity index (χ3v) is 6.45. The predicted octanol–water partition coefficient (Wildman–Crippen LogP) is 2.35.